The summed E-state index contributed by atoms with van der Waals surface area (Å²) in [5.74, 6) is 0.351. The Balaban J connectivity index is 2.36. The van der Waals surface area contributed by atoms with Crippen LogP contribution in [0.4, 0.5) is 11.5 Å². The summed E-state index contributed by atoms with van der Waals surface area (Å²) >= 11 is 0. The van der Waals surface area contributed by atoms with E-state index in [0.29, 0.717) is 18.8 Å². The van der Waals surface area contributed by atoms with Crippen LogP contribution in [0.2, 0.25) is 0 Å². The summed E-state index contributed by atoms with van der Waals surface area (Å²) in [4.78, 5) is 18.9. The Bertz CT molecular complexity index is 506. The largest absolute Gasteiger partial charge is 0.391 e. The molecule has 1 aromatic rings. The molecule has 0 bridgehead atoms. The minimum Gasteiger partial charge on any atom is -0.391 e. The second kappa shape index (κ2) is 5.72. The van der Waals surface area contributed by atoms with E-state index in [1.165, 1.54) is 6.07 Å². The Kier molecular flexibility index (Phi) is 4.20. The summed E-state index contributed by atoms with van der Waals surface area (Å²) < 4.78 is 0. The maximum absolute atomic E-state index is 11.2. The third-order valence-corrected chi connectivity index (χ3v) is 3.42. The third kappa shape index (κ3) is 3.05. The highest BCUT2D eigenvalue weighted by Gasteiger charge is 2.35. The topological polar surface area (TPSA) is 82.7 Å². The second-order valence-electron chi connectivity index (χ2n) is 5.57. The summed E-state index contributed by atoms with van der Waals surface area (Å²) in [6.07, 6.45) is 1.76. The number of aliphatic hydroxyl groups is 1. The van der Waals surface area contributed by atoms with Crippen molar-refractivity contribution in [3.05, 3.63) is 27.9 Å². The highest BCUT2D eigenvalue weighted by atomic mass is 16.6. The molecule has 0 aliphatic carbocycles. The van der Waals surface area contributed by atoms with Crippen LogP contribution in [-0.4, -0.2) is 59.2 Å². The summed E-state index contributed by atoms with van der Waals surface area (Å²) in [5.41, 5.74) is 0.757. The number of aliphatic hydroxyl groups excluding tert-OH is 1. The highest BCUT2D eigenvalue weighted by molar-refractivity contribution is 5.60. The van der Waals surface area contributed by atoms with Gasteiger partial charge in [0.15, 0.2) is 0 Å². The molecule has 2 atom stereocenters. The average molecular weight is 280 g/mol. The number of nitrogens with zero attached hydrogens (tertiary/aromatic N) is 4. The van der Waals surface area contributed by atoms with Gasteiger partial charge >= 0.3 is 5.69 Å². The highest BCUT2D eigenvalue weighted by Crippen LogP contribution is 2.32. The SMILES string of the molecule is Cc1cnc(N2CC(O)CC2CN(C)C)c([N+](=O)[O-])c1. The van der Waals surface area contributed by atoms with Gasteiger partial charge in [0, 0.05) is 31.4 Å². The summed E-state index contributed by atoms with van der Waals surface area (Å²) in [5, 5.41) is 21.1. The van der Waals surface area contributed by atoms with Gasteiger partial charge < -0.3 is 14.9 Å². The summed E-state index contributed by atoms with van der Waals surface area (Å²) in [6, 6.07) is 1.56. The van der Waals surface area contributed by atoms with E-state index >= 15 is 0 Å². The molecule has 110 valence electrons. The van der Waals surface area contributed by atoms with E-state index in [1.54, 1.807) is 13.1 Å². The van der Waals surface area contributed by atoms with Crippen LogP contribution >= 0.6 is 0 Å². The standard InChI is InChI=1S/C13H20N4O3/c1-9-4-12(17(19)20)13(14-6-9)16-8-11(18)5-10(16)7-15(2)3/h4,6,10-11,18H,5,7-8H2,1-3H3. The molecule has 7 heteroatoms. The first-order valence-electron chi connectivity index (χ1n) is 6.59. The van der Waals surface area contributed by atoms with Crippen molar-refractivity contribution >= 4 is 11.5 Å². The van der Waals surface area contributed by atoms with Crippen LogP contribution in [0.1, 0.15) is 12.0 Å². The smallest absolute Gasteiger partial charge is 0.311 e. The van der Waals surface area contributed by atoms with Gasteiger partial charge in [-0.2, -0.15) is 0 Å². The maximum Gasteiger partial charge on any atom is 0.311 e. The fourth-order valence-corrected chi connectivity index (χ4v) is 2.65. The van der Waals surface area contributed by atoms with E-state index in [1.807, 2.05) is 23.9 Å². The van der Waals surface area contributed by atoms with Crippen molar-refractivity contribution in [1.82, 2.24) is 9.88 Å². The van der Waals surface area contributed by atoms with Crippen molar-refractivity contribution in [2.45, 2.75) is 25.5 Å². The molecule has 1 saturated heterocycles. The van der Waals surface area contributed by atoms with Crippen LogP contribution in [0.25, 0.3) is 0 Å². The van der Waals surface area contributed by atoms with Gasteiger partial charge in [-0.25, -0.2) is 4.98 Å². The molecule has 20 heavy (non-hydrogen) atoms. The molecule has 0 radical (unpaired) electrons. The molecule has 2 unspecified atom stereocenters. The Hall–Kier alpha value is -1.73. The predicted octanol–water partition coefficient (Wildman–Crippen LogP) is 0.799. The molecule has 7 nitrogen and oxygen atoms in total. The lowest BCUT2D eigenvalue weighted by atomic mass is 10.2. The lowest BCUT2D eigenvalue weighted by molar-refractivity contribution is -0.384. The molecule has 2 rings (SSSR count). The van der Waals surface area contributed by atoms with E-state index in [0.717, 1.165) is 12.1 Å². The second-order valence-corrected chi connectivity index (χ2v) is 5.57. The van der Waals surface area contributed by atoms with Gasteiger partial charge in [0.2, 0.25) is 5.82 Å². The molecule has 0 saturated carbocycles. The molecule has 1 fully saturated rings. The summed E-state index contributed by atoms with van der Waals surface area (Å²) in [7, 11) is 3.89. The zero-order valence-electron chi connectivity index (χ0n) is 12.0. The quantitative estimate of drug-likeness (QED) is 0.649. The van der Waals surface area contributed by atoms with Crippen molar-refractivity contribution in [3.63, 3.8) is 0 Å². The van der Waals surface area contributed by atoms with Crippen molar-refractivity contribution in [2.24, 2.45) is 0 Å². The zero-order valence-corrected chi connectivity index (χ0v) is 12.0. The number of aryl methyl sites for hydroxylation is 1. The van der Waals surface area contributed by atoms with E-state index in [9.17, 15) is 15.2 Å². The van der Waals surface area contributed by atoms with Gasteiger partial charge in [-0.3, -0.25) is 10.1 Å². The van der Waals surface area contributed by atoms with Crippen LogP contribution in [0.5, 0.6) is 0 Å². The minimum absolute atomic E-state index is 0.00264. The van der Waals surface area contributed by atoms with E-state index in [4.69, 9.17) is 0 Å². The van der Waals surface area contributed by atoms with Crippen molar-refractivity contribution in [2.75, 3.05) is 32.1 Å². The van der Waals surface area contributed by atoms with Gasteiger partial charge in [-0.15, -0.1) is 0 Å². The Labute approximate surface area is 118 Å². The Morgan fingerprint density at radius 2 is 2.30 bits per heavy atom. The Morgan fingerprint density at radius 1 is 1.60 bits per heavy atom. The van der Waals surface area contributed by atoms with Crippen LogP contribution in [-0.2, 0) is 0 Å². The molecule has 1 aliphatic heterocycles. The number of hydrogen-bond acceptors (Lipinski definition) is 6. The number of pyridine rings is 1. The fraction of sp³-hybridized carbons (Fsp3) is 0.615. The molecule has 0 amide bonds. The first kappa shape index (κ1) is 14.7. The van der Waals surface area contributed by atoms with Crippen molar-refractivity contribution in [1.29, 1.82) is 0 Å². The first-order valence-corrected chi connectivity index (χ1v) is 6.59. The molecule has 2 heterocycles. The average Bonchev–Trinajstić information content (AvgIpc) is 2.69. The molecule has 1 aliphatic rings. The normalized spacial score (nSPS) is 22.6. The predicted molar refractivity (Wildman–Crippen MR) is 75.9 cm³/mol. The number of nitro groups is 1. The van der Waals surface area contributed by atoms with Gasteiger partial charge in [0.1, 0.15) is 0 Å². The van der Waals surface area contributed by atoms with Crippen LogP contribution < -0.4 is 4.90 Å². The molecular weight excluding hydrogens is 260 g/mol. The zero-order chi connectivity index (χ0) is 14.9. The van der Waals surface area contributed by atoms with E-state index in [2.05, 4.69) is 4.98 Å². The van der Waals surface area contributed by atoms with E-state index < -0.39 is 11.0 Å². The molecule has 0 aromatic carbocycles. The lowest BCUT2D eigenvalue weighted by Gasteiger charge is -2.27. The van der Waals surface area contributed by atoms with E-state index in [-0.39, 0.29) is 11.7 Å². The first-order chi connectivity index (χ1) is 9.38. The van der Waals surface area contributed by atoms with Crippen LogP contribution in [0.3, 0.4) is 0 Å². The summed E-state index contributed by atoms with van der Waals surface area (Å²) in [6.45, 7) is 2.89. The number of aromatic nitrogens is 1. The molecule has 1 aromatic heterocycles. The van der Waals surface area contributed by atoms with Crippen LogP contribution in [0, 0.1) is 17.0 Å². The molecule has 1 N–H and O–H groups in total. The van der Waals surface area contributed by atoms with Gasteiger partial charge in [0.25, 0.3) is 0 Å². The van der Waals surface area contributed by atoms with Gasteiger partial charge in [-0.05, 0) is 33.0 Å². The molecular formula is C13H20N4O3. The Morgan fingerprint density at radius 3 is 2.90 bits per heavy atom. The number of hydrogen-bond donors (Lipinski definition) is 1. The number of β-amino-alcohol motifs (C(OH)–C–C–N with tert-alkyl or cyclic N) is 1. The molecule has 0 spiro atoms. The van der Waals surface area contributed by atoms with Gasteiger partial charge in [-0.1, -0.05) is 0 Å². The third-order valence-electron chi connectivity index (χ3n) is 3.42. The maximum atomic E-state index is 11.2. The monoisotopic (exact) mass is 280 g/mol. The lowest BCUT2D eigenvalue weighted by Crippen LogP contribution is -2.38. The van der Waals surface area contributed by atoms with Crippen molar-refractivity contribution < 1.29 is 10.0 Å². The van der Waals surface area contributed by atoms with Crippen molar-refractivity contribution in [3.8, 4) is 0 Å². The van der Waals surface area contributed by atoms with Crippen LogP contribution in [0.15, 0.2) is 12.3 Å². The number of anilines is 1. The number of likely N-dealkylation sites (N-methyl/N-ethyl adjacent to an activating group) is 1. The fourth-order valence-electron chi connectivity index (χ4n) is 2.65. The van der Waals surface area contributed by atoms with Gasteiger partial charge in [0.05, 0.1) is 11.0 Å². The number of rotatable bonds is 4. The minimum atomic E-state index is -0.470.